The Morgan fingerprint density at radius 2 is 2.21 bits per heavy atom. The number of aryl methyl sites for hydroxylation is 1. The minimum Gasteiger partial charge on any atom is -0.477 e. The topological polar surface area (TPSA) is 52.6 Å². The van der Waals surface area contributed by atoms with Crippen LogP contribution in [0.5, 0.6) is 0 Å². The minimum absolute atomic E-state index is 0.432. The van der Waals surface area contributed by atoms with Crippen LogP contribution in [0.3, 0.4) is 0 Å². The number of carboxylic acids is 1. The highest BCUT2D eigenvalue weighted by Crippen LogP contribution is 2.21. The average Bonchev–Trinajstić information content (AvgIpc) is 2.99. The molecule has 2 heterocycles. The normalized spacial score (nSPS) is 17.8. The maximum absolute atomic E-state index is 10.9. The Bertz CT molecular complexity index is 439. The Morgan fingerprint density at radius 3 is 2.79 bits per heavy atom. The first-order valence-electron chi connectivity index (χ1n) is 6.85. The van der Waals surface area contributed by atoms with E-state index in [0.29, 0.717) is 10.9 Å². The maximum atomic E-state index is 10.9. The molecule has 1 saturated heterocycles. The van der Waals surface area contributed by atoms with Crippen molar-refractivity contribution >= 4 is 17.3 Å². The van der Waals surface area contributed by atoms with Crippen molar-refractivity contribution in [3.8, 4) is 0 Å². The van der Waals surface area contributed by atoms with Crippen LogP contribution in [-0.4, -0.2) is 41.7 Å². The zero-order valence-electron chi connectivity index (χ0n) is 11.6. The van der Waals surface area contributed by atoms with Crippen molar-refractivity contribution in [1.29, 1.82) is 0 Å². The number of aromatic carboxylic acids is 1. The SMILES string of the molecule is Cc1sc(C(=O)O)cc1CNCC(C)N1CCCC1. The fourth-order valence-electron chi connectivity index (χ4n) is 2.53. The van der Waals surface area contributed by atoms with Gasteiger partial charge in [0.05, 0.1) is 0 Å². The molecule has 1 unspecified atom stereocenters. The zero-order chi connectivity index (χ0) is 13.8. The molecule has 0 aromatic carbocycles. The van der Waals surface area contributed by atoms with Crippen LogP contribution in [-0.2, 0) is 6.54 Å². The lowest BCUT2D eigenvalue weighted by Gasteiger charge is -2.23. The van der Waals surface area contributed by atoms with Crippen LogP contribution >= 0.6 is 11.3 Å². The molecule has 106 valence electrons. The molecule has 0 amide bonds. The van der Waals surface area contributed by atoms with E-state index in [1.54, 1.807) is 6.07 Å². The third-order valence-electron chi connectivity index (χ3n) is 3.75. The molecule has 1 aliphatic heterocycles. The lowest BCUT2D eigenvalue weighted by atomic mass is 10.2. The van der Waals surface area contributed by atoms with Crippen molar-refractivity contribution in [2.24, 2.45) is 0 Å². The van der Waals surface area contributed by atoms with E-state index < -0.39 is 5.97 Å². The summed E-state index contributed by atoms with van der Waals surface area (Å²) in [6.07, 6.45) is 2.63. The molecule has 0 aliphatic carbocycles. The van der Waals surface area contributed by atoms with E-state index in [-0.39, 0.29) is 0 Å². The minimum atomic E-state index is -0.829. The number of nitrogens with zero attached hydrogens (tertiary/aromatic N) is 1. The predicted molar refractivity (Wildman–Crippen MR) is 78.0 cm³/mol. The zero-order valence-corrected chi connectivity index (χ0v) is 12.4. The van der Waals surface area contributed by atoms with Crippen LogP contribution in [0.4, 0.5) is 0 Å². The summed E-state index contributed by atoms with van der Waals surface area (Å²) in [6.45, 7) is 8.37. The number of hydrogen-bond acceptors (Lipinski definition) is 4. The van der Waals surface area contributed by atoms with Crippen LogP contribution in [0.1, 0.15) is 39.9 Å². The van der Waals surface area contributed by atoms with Gasteiger partial charge in [-0.25, -0.2) is 4.79 Å². The molecule has 0 bridgehead atoms. The van der Waals surface area contributed by atoms with E-state index in [9.17, 15) is 4.79 Å². The number of likely N-dealkylation sites (tertiary alicyclic amines) is 1. The molecule has 1 atom stereocenters. The largest absolute Gasteiger partial charge is 0.477 e. The molecule has 0 radical (unpaired) electrons. The number of thiophene rings is 1. The van der Waals surface area contributed by atoms with Gasteiger partial charge in [0.2, 0.25) is 0 Å². The number of carboxylic acid groups (broad SMARTS) is 1. The molecule has 4 nitrogen and oxygen atoms in total. The maximum Gasteiger partial charge on any atom is 0.345 e. The first kappa shape index (κ1) is 14.5. The standard InChI is InChI=1S/C14H22N2O2S/c1-10(16-5-3-4-6-16)8-15-9-12-7-13(14(17)18)19-11(12)2/h7,10,15H,3-6,8-9H2,1-2H3,(H,17,18). The summed E-state index contributed by atoms with van der Waals surface area (Å²) < 4.78 is 0. The summed E-state index contributed by atoms with van der Waals surface area (Å²) in [5.74, 6) is -0.829. The molecule has 0 saturated carbocycles. The summed E-state index contributed by atoms with van der Waals surface area (Å²) in [4.78, 5) is 14.9. The molecule has 2 N–H and O–H groups in total. The molecule has 19 heavy (non-hydrogen) atoms. The Hall–Kier alpha value is -0.910. The molecule has 1 aromatic heterocycles. The van der Waals surface area contributed by atoms with Crippen molar-refractivity contribution in [2.75, 3.05) is 19.6 Å². The summed E-state index contributed by atoms with van der Waals surface area (Å²) in [5, 5.41) is 12.4. The highest BCUT2D eigenvalue weighted by molar-refractivity contribution is 7.14. The Kier molecular flexibility index (Phi) is 4.96. The van der Waals surface area contributed by atoms with E-state index in [1.165, 1.54) is 37.3 Å². The van der Waals surface area contributed by atoms with E-state index in [4.69, 9.17) is 5.11 Å². The van der Waals surface area contributed by atoms with Gasteiger partial charge in [0.25, 0.3) is 0 Å². The average molecular weight is 282 g/mol. The van der Waals surface area contributed by atoms with Crippen molar-refractivity contribution in [3.63, 3.8) is 0 Å². The third-order valence-corrected chi connectivity index (χ3v) is 4.83. The van der Waals surface area contributed by atoms with E-state index in [2.05, 4.69) is 17.1 Å². The highest BCUT2D eigenvalue weighted by Gasteiger charge is 2.17. The number of rotatable bonds is 6. The van der Waals surface area contributed by atoms with Crippen LogP contribution in [0.15, 0.2) is 6.07 Å². The van der Waals surface area contributed by atoms with Gasteiger partial charge in [-0.3, -0.25) is 4.90 Å². The number of nitrogens with one attached hydrogen (secondary N) is 1. The first-order chi connectivity index (χ1) is 9.08. The number of carbonyl (C=O) groups is 1. The third kappa shape index (κ3) is 3.78. The predicted octanol–water partition coefficient (Wildman–Crippen LogP) is 2.33. The smallest absolute Gasteiger partial charge is 0.345 e. The quantitative estimate of drug-likeness (QED) is 0.841. The van der Waals surface area contributed by atoms with Gasteiger partial charge in [0, 0.05) is 24.0 Å². The van der Waals surface area contributed by atoms with Gasteiger partial charge in [0.1, 0.15) is 4.88 Å². The first-order valence-corrected chi connectivity index (χ1v) is 7.67. The highest BCUT2D eigenvalue weighted by atomic mass is 32.1. The van der Waals surface area contributed by atoms with Crippen molar-refractivity contribution in [1.82, 2.24) is 10.2 Å². The monoisotopic (exact) mass is 282 g/mol. The molecular formula is C14H22N2O2S. The van der Waals surface area contributed by atoms with E-state index in [0.717, 1.165) is 23.5 Å². The lowest BCUT2D eigenvalue weighted by Crippen LogP contribution is -2.38. The number of hydrogen-bond donors (Lipinski definition) is 2. The summed E-state index contributed by atoms with van der Waals surface area (Å²) in [6, 6.07) is 2.34. The van der Waals surface area contributed by atoms with Gasteiger partial charge in [-0.05, 0) is 51.4 Å². The lowest BCUT2D eigenvalue weighted by molar-refractivity contribution is 0.0702. The van der Waals surface area contributed by atoms with E-state index >= 15 is 0 Å². The van der Waals surface area contributed by atoms with Gasteiger partial charge in [-0.15, -0.1) is 11.3 Å². The van der Waals surface area contributed by atoms with Crippen molar-refractivity contribution in [3.05, 3.63) is 21.4 Å². The van der Waals surface area contributed by atoms with Crippen LogP contribution in [0, 0.1) is 6.92 Å². The van der Waals surface area contributed by atoms with Gasteiger partial charge in [-0.2, -0.15) is 0 Å². The Morgan fingerprint density at radius 1 is 1.53 bits per heavy atom. The Labute approximate surface area is 118 Å². The van der Waals surface area contributed by atoms with Crippen molar-refractivity contribution < 1.29 is 9.90 Å². The summed E-state index contributed by atoms with van der Waals surface area (Å²) in [7, 11) is 0. The second kappa shape index (κ2) is 6.50. The second-order valence-electron chi connectivity index (χ2n) is 5.22. The molecule has 1 fully saturated rings. The van der Waals surface area contributed by atoms with E-state index in [1.807, 2.05) is 6.92 Å². The molecule has 1 aliphatic rings. The second-order valence-corrected chi connectivity index (χ2v) is 6.48. The van der Waals surface area contributed by atoms with Gasteiger partial charge >= 0.3 is 5.97 Å². The van der Waals surface area contributed by atoms with Crippen LogP contribution in [0.2, 0.25) is 0 Å². The molecule has 1 aromatic rings. The summed E-state index contributed by atoms with van der Waals surface area (Å²) >= 11 is 1.36. The molecule has 5 heteroatoms. The molecule has 2 rings (SSSR count). The fourth-order valence-corrected chi connectivity index (χ4v) is 3.41. The summed E-state index contributed by atoms with van der Waals surface area (Å²) in [5.41, 5.74) is 1.11. The fraction of sp³-hybridized carbons (Fsp3) is 0.643. The van der Waals surface area contributed by atoms with Gasteiger partial charge in [-0.1, -0.05) is 0 Å². The van der Waals surface area contributed by atoms with Crippen LogP contribution in [0.25, 0.3) is 0 Å². The van der Waals surface area contributed by atoms with Crippen LogP contribution < -0.4 is 5.32 Å². The van der Waals surface area contributed by atoms with Gasteiger partial charge in [0.15, 0.2) is 0 Å². The van der Waals surface area contributed by atoms with Crippen molar-refractivity contribution in [2.45, 2.75) is 39.3 Å². The van der Waals surface area contributed by atoms with Gasteiger partial charge < -0.3 is 10.4 Å². The molecule has 0 spiro atoms. The molecular weight excluding hydrogens is 260 g/mol. The Balaban J connectivity index is 1.80.